The van der Waals surface area contributed by atoms with Gasteiger partial charge in [-0.25, -0.2) is 29.0 Å². The van der Waals surface area contributed by atoms with Gasteiger partial charge in [0.15, 0.2) is 5.65 Å². The van der Waals surface area contributed by atoms with Crippen molar-refractivity contribution < 1.29 is 29.3 Å². The van der Waals surface area contributed by atoms with Crippen LogP contribution in [0.3, 0.4) is 0 Å². The normalized spacial score (nSPS) is 14.3. The molecule has 7 rings (SSSR count). The lowest BCUT2D eigenvalue weighted by Gasteiger charge is -2.32. The van der Waals surface area contributed by atoms with Crippen molar-refractivity contribution >= 4 is 39.6 Å². The van der Waals surface area contributed by atoms with Gasteiger partial charge in [-0.1, -0.05) is 36.4 Å². The van der Waals surface area contributed by atoms with Gasteiger partial charge in [-0.2, -0.15) is 5.10 Å². The zero-order valence-corrected chi connectivity index (χ0v) is 28.4. The van der Waals surface area contributed by atoms with Crippen molar-refractivity contribution in [2.45, 2.75) is 19.5 Å². The molecule has 1 atom stereocenters. The Hall–Kier alpha value is -6.45. The maximum absolute atomic E-state index is 13.4. The van der Waals surface area contributed by atoms with Crippen LogP contribution in [0.4, 0.5) is 5.82 Å². The Morgan fingerprint density at radius 1 is 0.942 bits per heavy atom. The number of aromatic hydroxyl groups is 1. The second-order valence-electron chi connectivity index (χ2n) is 12.3. The first-order valence-electron chi connectivity index (χ1n) is 16.3. The van der Waals surface area contributed by atoms with Crippen LogP contribution in [0.2, 0.25) is 0 Å². The molecule has 1 unspecified atom stereocenters. The van der Waals surface area contributed by atoms with Crippen LogP contribution in [0, 0.1) is 0 Å². The van der Waals surface area contributed by atoms with Gasteiger partial charge in [0.05, 0.1) is 17.0 Å². The highest BCUT2D eigenvalue weighted by molar-refractivity contribution is 5.99. The van der Waals surface area contributed by atoms with E-state index in [-0.39, 0.29) is 11.6 Å². The van der Waals surface area contributed by atoms with Crippen molar-refractivity contribution in [2.24, 2.45) is 0 Å². The van der Waals surface area contributed by atoms with E-state index in [1.807, 2.05) is 25.1 Å². The number of fused-ring (bicyclic) bond motifs is 2. The van der Waals surface area contributed by atoms with E-state index in [0.29, 0.717) is 45.6 Å². The summed E-state index contributed by atoms with van der Waals surface area (Å²) in [6.45, 7) is 6.87. The monoisotopic (exact) mass is 704 g/mol. The SMILES string of the molecule is CC(c1oc(=O)c2ccccc2c1-c1cccc(CN2CCN(C)CC2)c1)n1nc(-c2cncc(O)c2)c2c(N)ncnc21.O=C(O)/C=C\C(=O)O. The third kappa shape index (κ3) is 7.65. The number of pyridine rings is 1. The van der Waals surface area contributed by atoms with Gasteiger partial charge in [-0.05, 0) is 43.3 Å². The molecule has 1 aliphatic heterocycles. The molecule has 0 radical (unpaired) electrons. The Labute approximate surface area is 296 Å². The number of nitrogens with two attached hydrogens (primary N) is 1. The van der Waals surface area contributed by atoms with Crippen molar-refractivity contribution in [2.75, 3.05) is 39.0 Å². The van der Waals surface area contributed by atoms with E-state index < -0.39 is 23.6 Å². The number of carboxylic acids is 2. The van der Waals surface area contributed by atoms with Crippen LogP contribution < -0.4 is 11.4 Å². The summed E-state index contributed by atoms with van der Waals surface area (Å²) in [5, 5.41) is 32.5. The van der Waals surface area contributed by atoms with Gasteiger partial charge in [-0.15, -0.1) is 0 Å². The molecule has 1 saturated heterocycles. The molecular weight excluding hydrogens is 668 g/mol. The molecule has 1 fully saturated rings. The van der Waals surface area contributed by atoms with E-state index in [9.17, 15) is 19.5 Å². The number of carbonyl (C=O) groups is 2. The van der Waals surface area contributed by atoms with E-state index in [4.69, 9.17) is 25.5 Å². The lowest BCUT2D eigenvalue weighted by Crippen LogP contribution is -2.43. The molecule has 15 nitrogen and oxygen atoms in total. The van der Waals surface area contributed by atoms with Crippen LogP contribution in [0.15, 0.2) is 94.7 Å². The maximum Gasteiger partial charge on any atom is 0.343 e. The highest BCUT2D eigenvalue weighted by atomic mass is 16.4. The van der Waals surface area contributed by atoms with Crippen LogP contribution in [0.25, 0.3) is 44.2 Å². The predicted molar refractivity (Wildman–Crippen MR) is 194 cm³/mol. The van der Waals surface area contributed by atoms with Gasteiger partial charge < -0.3 is 30.4 Å². The van der Waals surface area contributed by atoms with Gasteiger partial charge in [0.25, 0.3) is 0 Å². The standard InChI is InChI=1S/C33H32N8O3.C4H4O4/c1-20(41-32-28(31(34)36-19-37-32)29(38-41)23-15-24(42)17-35-16-23)30-27(25-8-3-4-9-26(25)33(43)44-30)22-7-5-6-21(14-22)18-40-12-10-39(2)11-13-40;5-3(6)1-2-4(7)8/h3-9,14-17,19-20,42H,10-13,18H2,1-2H3,(H2,34,36,37);1-2H,(H,5,6)(H,7,8)/b;2-1-. The van der Waals surface area contributed by atoms with Crippen LogP contribution >= 0.6 is 0 Å². The summed E-state index contributed by atoms with van der Waals surface area (Å²) in [6.07, 6.45) is 5.44. The lowest BCUT2D eigenvalue weighted by atomic mass is 9.94. The van der Waals surface area contributed by atoms with Crippen LogP contribution in [-0.4, -0.2) is 95.0 Å². The number of rotatable bonds is 8. The Bertz CT molecular complexity index is 2350. The molecule has 1 aliphatic rings. The largest absolute Gasteiger partial charge is 0.506 e. The second kappa shape index (κ2) is 15.2. The number of aromatic nitrogens is 5. The summed E-state index contributed by atoms with van der Waals surface area (Å²) in [5.41, 5.74) is 10.3. The summed E-state index contributed by atoms with van der Waals surface area (Å²) in [4.78, 5) is 50.1. The number of aliphatic carboxylic acids is 2. The van der Waals surface area contributed by atoms with Crippen LogP contribution in [0.1, 0.15) is 24.3 Å². The lowest BCUT2D eigenvalue weighted by molar-refractivity contribution is -0.134. The van der Waals surface area contributed by atoms with E-state index in [2.05, 4.69) is 56.1 Å². The number of hydrogen-bond donors (Lipinski definition) is 4. The summed E-state index contributed by atoms with van der Waals surface area (Å²) >= 11 is 0. The average Bonchev–Trinajstić information content (AvgIpc) is 3.53. The summed E-state index contributed by atoms with van der Waals surface area (Å²) in [6, 6.07) is 16.9. The molecule has 0 bridgehead atoms. The summed E-state index contributed by atoms with van der Waals surface area (Å²) in [7, 11) is 2.15. The first kappa shape index (κ1) is 35.4. The Balaban J connectivity index is 0.000000522. The second-order valence-corrected chi connectivity index (χ2v) is 12.3. The zero-order chi connectivity index (χ0) is 36.9. The Morgan fingerprint density at radius 2 is 1.65 bits per heavy atom. The highest BCUT2D eigenvalue weighted by Gasteiger charge is 2.27. The van der Waals surface area contributed by atoms with Crippen molar-refractivity contribution in [1.82, 2.24) is 34.5 Å². The number of anilines is 1. The van der Waals surface area contributed by atoms with Crippen LogP contribution in [-0.2, 0) is 16.1 Å². The van der Waals surface area contributed by atoms with Crippen LogP contribution in [0.5, 0.6) is 5.75 Å². The first-order valence-corrected chi connectivity index (χ1v) is 16.3. The third-order valence-electron chi connectivity index (χ3n) is 8.71. The van der Waals surface area contributed by atoms with Gasteiger partial charge in [-0.3, -0.25) is 9.88 Å². The number of nitrogens with zero attached hydrogens (tertiary/aromatic N) is 7. The predicted octanol–water partition coefficient (Wildman–Crippen LogP) is 4.02. The minimum atomic E-state index is -1.26. The van der Waals surface area contributed by atoms with E-state index >= 15 is 0 Å². The number of carboxylic acid groups (broad SMARTS) is 2. The molecule has 6 aromatic rings. The molecule has 52 heavy (non-hydrogen) atoms. The van der Waals surface area contributed by atoms with Gasteiger partial charge >= 0.3 is 17.6 Å². The molecule has 0 aliphatic carbocycles. The van der Waals surface area contributed by atoms with Crippen molar-refractivity contribution in [1.29, 1.82) is 0 Å². The van der Waals surface area contributed by atoms with Gasteiger partial charge in [0.2, 0.25) is 0 Å². The number of benzene rings is 2. The Morgan fingerprint density at radius 3 is 2.35 bits per heavy atom. The molecule has 5 N–H and O–H groups in total. The van der Waals surface area contributed by atoms with E-state index in [1.54, 1.807) is 23.0 Å². The topological polar surface area (TPSA) is 214 Å². The van der Waals surface area contributed by atoms with Crippen molar-refractivity contribution in [3.63, 3.8) is 0 Å². The molecule has 0 amide bonds. The molecule has 0 saturated carbocycles. The fourth-order valence-electron chi connectivity index (χ4n) is 6.18. The molecule has 0 spiro atoms. The minimum absolute atomic E-state index is 0.00654. The number of likely N-dealkylation sites (N-methyl/N-ethyl adjacent to an activating group) is 1. The molecule has 4 aromatic heterocycles. The number of nitrogen functional groups attached to an aromatic ring is 1. The Kier molecular flexibility index (Phi) is 10.3. The summed E-state index contributed by atoms with van der Waals surface area (Å²) < 4.78 is 7.84. The smallest absolute Gasteiger partial charge is 0.343 e. The molecule has 15 heteroatoms. The molecule has 266 valence electrons. The maximum atomic E-state index is 13.4. The van der Waals surface area contributed by atoms with Crippen molar-refractivity contribution in [3.05, 3.63) is 107 Å². The molecule has 5 heterocycles. The average molecular weight is 705 g/mol. The third-order valence-corrected chi connectivity index (χ3v) is 8.71. The molecular formula is C37H36N8O7. The van der Waals surface area contributed by atoms with Crippen molar-refractivity contribution in [3.8, 4) is 28.1 Å². The zero-order valence-electron chi connectivity index (χ0n) is 28.4. The quantitative estimate of drug-likeness (QED) is 0.165. The fourth-order valence-corrected chi connectivity index (χ4v) is 6.18. The summed E-state index contributed by atoms with van der Waals surface area (Å²) in [5.74, 6) is -1.83. The van der Waals surface area contributed by atoms with Gasteiger partial charge in [0, 0.05) is 67.6 Å². The number of piperazine rings is 1. The van der Waals surface area contributed by atoms with E-state index in [1.165, 1.54) is 18.1 Å². The minimum Gasteiger partial charge on any atom is -0.506 e. The van der Waals surface area contributed by atoms with E-state index in [0.717, 1.165) is 49.2 Å². The first-order chi connectivity index (χ1) is 25.0. The molecule has 2 aromatic carbocycles. The highest BCUT2D eigenvalue weighted by Crippen LogP contribution is 2.38. The fraction of sp³-hybridized carbons (Fsp3) is 0.216. The van der Waals surface area contributed by atoms with Gasteiger partial charge in [0.1, 0.15) is 35.4 Å². The number of hydrogen-bond acceptors (Lipinski definition) is 12.